The van der Waals surface area contributed by atoms with E-state index < -0.39 is 0 Å². The van der Waals surface area contributed by atoms with Crippen LogP contribution >= 0.6 is 0 Å². The molecule has 3 heteroatoms. The molecule has 1 heterocycles. The largest absolute Gasteiger partial charge is 0.393 e. The molecule has 2 N–H and O–H groups in total. The second-order valence-corrected chi connectivity index (χ2v) is 8.65. The van der Waals surface area contributed by atoms with Gasteiger partial charge in [0.15, 0.2) is 0 Å². The van der Waals surface area contributed by atoms with Crippen LogP contribution in [0.25, 0.3) is 0 Å². The van der Waals surface area contributed by atoms with Gasteiger partial charge in [0, 0.05) is 32.2 Å². The first-order valence-electron chi connectivity index (χ1n) is 8.83. The molecule has 1 fully saturated rings. The van der Waals surface area contributed by atoms with Crippen LogP contribution in [0.5, 0.6) is 0 Å². The highest BCUT2D eigenvalue weighted by Gasteiger charge is 2.29. The number of hydrogen-bond donors (Lipinski definition) is 2. The summed E-state index contributed by atoms with van der Waals surface area (Å²) in [6.45, 7) is 18.1. The Hall–Kier alpha value is -0.120. The van der Waals surface area contributed by atoms with E-state index in [2.05, 4.69) is 51.8 Å². The predicted octanol–water partition coefficient (Wildman–Crippen LogP) is 3.13. The Morgan fingerprint density at radius 3 is 2.43 bits per heavy atom. The number of rotatable bonds is 7. The van der Waals surface area contributed by atoms with Gasteiger partial charge >= 0.3 is 0 Å². The second-order valence-electron chi connectivity index (χ2n) is 8.65. The lowest BCUT2D eigenvalue weighted by atomic mass is 9.87. The van der Waals surface area contributed by atoms with E-state index in [0.717, 1.165) is 32.5 Å². The third-order valence-electron chi connectivity index (χ3n) is 4.23. The van der Waals surface area contributed by atoms with Crippen LogP contribution in [0.15, 0.2) is 0 Å². The normalized spacial score (nSPS) is 26.3. The molecule has 3 atom stereocenters. The van der Waals surface area contributed by atoms with E-state index in [1.807, 2.05) is 0 Å². The summed E-state index contributed by atoms with van der Waals surface area (Å²) in [5.41, 5.74) is 0.332. The molecule has 1 saturated heterocycles. The fourth-order valence-corrected chi connectivity index (χ4v) is 3.29. The third-order valence-corrected chi connectivity index (χ3v) is 4.23. The molecule has 3 nitrogen and oxygen atoms in total. The van der Waals surface area contributed by atoms with Gasteiger partial charge in [0.25, 0.3) is 0 Å². The fourth-order valence-electron chi connectivity index (χ4n) is 3.29. The Bertz CT molecular complexity index is 285. The van der Waals surface area contributed by atoms with Crippen molar-refractivity contribution in [3.63, 3.8) is 0 Å². The molecule has 1 aliphatic rings. The predicted molar refractivity (Wildman–Crippen MR) is 91.5 cm³/mol. The minimum absolute atomic E-state index is 0.128. The summed E-state index contributed by atoms with van der Waals surface area (Å²) in [4.78, 5) is 2.60. The van der Waals surface area contributed by atoms with Crippen molar-refractivity contribution in [1.29, 1.82) is 0 Å². The Labute approximate surface area is 132 Å². The average molecular weight is 299 g/mol. The summed E-state index contributed by atoms with van der Waals surface area (Å²) >= 11 is 0. The van der Waals surface area contributed by atoms with Crippen molar-refractivity contribution in [3.05, 3.63) is 0 Å². The zero-order chi connectivity index (χ0) is 16.0. The molecule has 0 bridgehead atoms. The third kappa shape index (κ3) is 8.18. The van der Waals surface area contributed by atoms with E-state index >= 15 is 0 Å². The van der Waals surface area contributed by atoms with E-state index in [1.54, 1.807) is 0 Å². The smallest absolute Gasteiger partial charge is 0.0540 e. The van der Waals surface area contributed by atoms with Gasteiger partial charge in [0.2, 0.25) is 0 Å². The number of piperidine rings is 1. The summed E-state index contributed by atoms with van der Waals surface area (Å²) in [6, 6.07) is 0.575. The SMILES string of the molecule is CCC(O)CC1CC(NCC(C)(C)C)CN(CC(C)C)C1. The molecular formula is C18H38N2O. The minimum atomic E-state index is -0.128. The number of aliphatic hydroxyl groups excluding tert-OH is 1. The summed E-state index contributed by atoms with van der Waals surface area (Å²) in [5.74, 6) is 1.34. The molecule has 1 aliphatic heterocycles. The standard InChI is InChI=1S/C18H38N2O/c1-7-17(21)9-15-8-16(19-13-18(4,5)6)12-20(11-15)10-14(2)3/h14-17,19,21H,7-13H2,1-6H3. The first-order chi connectivity index (χ1) is 9.69. The Morgan fingerprint density at radius 1 is 1.24 bits per heavy atom. The van der Waals surface area contributed by atoms with Crippen molar-refractivity contribution in [3.8, 4) is 0 Å². The maximum Gasteiger partial charge on any atom is 0.0540 e. The zero-order valence-electron chi connectivity index (χ0n) is 15.2. The van der Waals surface area contributed by atoms with E-state index in [9.17, 15) is 5.11 Å². The molecule has 0 spiro atoms. The number of nitrogens with zero attached hydrogens (tertiary/aromatic N) is 1. The Morgan fingerprint density at radius 2 is 1.90 bits per heavy atom. The number of nitrogens with one attached hydrogen (secondary N) is 1. The number of hydrogen-bond acceptors (Lipinski definition) is 3. The number of aliphatic hydroxyl groups is 1. The molecule has 21 heavy (non-hydrogen) atoms. The molecule has 0 aromatic rings. The zero-order valence-corrected chi connectivity index (χ0v) is 15.2. The van der Waals surface area contributed by atoms with Gasteiger partial charge in [-0.1, -0.05) is 41.5 Å². The lowest BCUT2D eigenvalue weighted by Gasteiger charge is -2.40. The summed E-state index contributed by atoms with van der Waals surface area (Å²) < 4.78 is 0. The molecule has 0 radical (unpaired) electrons. The monoisotopic (exact) mass is 298 g/mol. The molecule has 0 saturated carbocycles. The first kappa shape index (κ1) is 18.9. The van der Waals surface area contributed by atoms with Gasteiger partial charge in [-0.2, -0.15) is 0 Å². The molecular weight excluding hydrogens is 260 g/mol. The van der Waals surface area contributed by atoms with Crippen molar-refractivity contribution in [1.82, 2.24) is 10.2 Å². The van der Waals surface area contributed by atoms with Gasteiger partial charge in [-0.3, -0.25) is 0 Å². The van der Waals surface area contributed by atoms with Crippen LogP contribution in [0.4, 0.5) is 0 Å². The average Bonchev–Trinajstić information content (AvgIpc) is 2.34. The minimum Gasteiger partial charge on any atom is -0.393 e. The lowest BCUT2D eigenvalue weighted by molar-refractivity contribution is 0.0765. The van der Waals surface area contributed by atoms with Crippen LogP contribution in [0.2, 0.25) is 0 Å². The van der Waals surface area contributed by atoms with Gasteiger partial charge in [-0.25, -0.2) is 0 Å². The highest BCUT2D eigenvalue weighted by molar-refractivity contribution is 4.86. The van der Waals surface area contributed by atoms with Crippen molar-refractivity contribution < 1.29 is 5.11 Å². The molecule has 126 valence electrons. The molecule has 0 aliphatic carbocycles. The van der Waals surface area contributed by atoms with Crippen LogP contribution in [-0.4, -0.2) is 48.3 Å². The maximum absolute atomic E-state index is 9.98. The van der Waals surface area contributed by atoms with Gasteiger partial charge in [-0.05, 0) is 36.5 Å². The van der Waals surface area contributed by atoms with Gasteiger partial charge in [-0.15, -0.1) is 0 Å². The quantitative estimate of drug-likeness (QED) is 0.758. The van der Waals surface area contributed by atoms with Crippen LogP contribution in [0.1, 0.15) is 60.8 Å². The molecule has 3 unspecified atom stereocenters. The van der Waals surface area contributed by atoms with Crippen LogP contribution < -0.4 is 5.32 Å². The maximum atomic E-state index is 9.98. The Balaban J connectivity index is 2.56. The van der Waals surface area contributed by atoms with E-state index in [0.29, 0.717) is 23.3 Å². The Kier molecular flexibility index (Phi) is 7.66. The molecule has 1 rings (SSSR count). The van der Waals surface area contributed by atoms with Crippen LogP contribution in [0.3, 0.4) is 0 Å². The second kappa shape index (κ2) is 8.50. The summed E-state index contributed by atoms with van der Waals surface area (Å²) in [5, 5.41) is 13.7. The van der Waals surface area contributed by atoms with Crippen molar-refractivity contribution in [2.75, 3.05) is 26.2 Å². The first-order valence-corrected chi connectivity index (χ1v) is 8.83. The summed E-state index contributed by atoms with van der Waals surface area (Å²) in [7, 11) is 0. The fraction of sp³-hybridized carbons (Fsp3) is 1.00. The van der Waals surface area contributed by atoms with E-state index in [1.165, 1.54) is 13.0 Å². The molecule has 0 amide bonds. The van der Waals surface area contributed by atoms with Gasteiger partial charge < -0.3 is 15.3 Å². The highest BCUT2D eigenvalue weighted by atomic mass is 16.3. The summed E-state index contributed by atoms with van der Waals surface area (Å²) in [6.07, 6.45) is 2.92. The van der Waals surface area contributed by atoms with Crippen molar-refractivity contribution in [2.45, 2.75) is 73.0 Å². The van der Waals surface area contributed by atoms with E-state index in [4.69, 9.17) is 0 Å². The van der Waals surface area contributed by atoms with Gasteiger partial charge in [0.05, 0.1) is 6.10 Å². The number of likely N-dealkylation sites (tertiary alicyclic amines) is 1. The van der Waals surface area contributed by atoms with Crippen molar-refractivity contribution in [2.24, 2.45) is 17.3 Å². The highest BCUT2D eigenvalue weighted by Crippen LogP contribution is 2.24. The van der Waals surface area contributed by atoms with Crippen molar-refractivity contribution >= 4 is 0 Å². The molecule has 0 aromatic heterocycles. The van der Waals surface area contributed by atoms with Crippen LogP contribution in [0, 0.1) is 17.3 Å². The topological polar surface area (TPSA) is 35.5 Å². The molecule has 0 aromatic carbocycles. The lowest BCUT2D eigenvalue weighted by Crippen LogP contribution is -2.51. The van der Waals surface area contributed by atoms with E-state index in [-0.39, 0.29) is 6.10 Å². The van der Waals surface area contributed by atoms with Gasteiger partial charge in [0.1, 0.15) is 0 Å². The van der Waals surface area contributed by atoms with Crippen LogP contribution in [-0.2, 0) is 0 Å².